The molecule has 3 aromatic carbocycles. The predicted molar refractivity (Wildman–Crippen MR) is 258 cm³/mol. The molecule has 7 atom stereocenters. The number of hydrogen-bond donors (Lipinski definition) is 11. The first-order valence-corrected chi connectivity index (χ1v) is 25.3. The Morgan fingerprint density at radius 1 is 0.700 bits per heavy atom. The molecule has 23 heteroatoms. The monoisotopic (exact) mass is 1010 g/mol. The highest BCUT2D eigenvalue weighted by Gasteiger charge is 2.35. The van der Waals surface area contributed by atoms with E-state index in [0.29, 0.717) is 48.1 Å². The highest BCUT2D eigenvalue weighted by Crippen LogP contribution is 2.28. The maximum atomic E-state index is 14.4. The zero-order valence-corrected chi connectivity index (χ0v) is 39.9. The second-order valence-corrected chi connectivity index (χ2v) is 19.4. The van der Waals surface area contributed by atoms with Crippen LogP contribution >= 0.6 is 11.8 Å². The van der Waals surface area contributed by atoms with Crippen molar-refractivity contribution in [3.8, 4) is 0 Å². The van der Waals surface area contributed by atoms with E-state index >= 15 is 0 Å². The number of benzene rings is 3. The normalized spacial score (nSPS) is 16.8. The van der Waals surface area contributed by atoms with Gasteiger partial charge in [-0.1, -0.05) is 73.5 Å². The predicted octanol–water partition coefficient (Wildman–Crippen LogP) is 1.80. The smallest absolute Gasteiger partial charge is 0.405 e. The minimum atomic E-state index is -4.49. The number of primary amides is 1. The summed E-state index contributed by atoms with van der Waals surface area (Å²) in [6.07, 6.45) is 3.12. The van der Waals surface area contributed by atoms with Crippen LogP contribution in [0.25, 0.3) is 10.9 Å². The number of H-pyrrole nitrogens is 1. The van der Waals surface area contributed by atoms with E-state index in [2.05, 4.69) is 36.9 Å². The number of amides is 7. The van der Waals surface area contributed by atoms with E-state index in [9.17, 15) is 61.5 Å². The van der Waals surface area contributed by atoms with Crippen molar-refractivity contribution in [1.82, 2.24) is 36.9 Å². The fourth-order valence-electron chi connectivity index (χ4n) is 8.32. The van der Waals surface area contributed by atoms with Crippen molar-refractivity contribution in [3.05, 3.63) is 102 Å². The van der Waals surface area contributed by atoms with E-state index in [4.69, 9.17) is 5.73 Å². The van der Waals surface area contributed by atoms with Crippen LogP contribution in [0, 0.1) is 5.92 Å². The van der Waals surface area contributed by atoms with E-state index < -0.39 is 106 Å². The summed E-state index contributed by atoms with van der Waals surface area (Å²) in [5.41, 5.74) is 8.06. The molecule has 70 heavy (non-hydrogen) atoms. The molecule has 1 aromatic heterocycles. The van der Waals surface area contributed by atoms with Gasteiger partial charge in [-0.2, -0.15) is 20.2 Å². The van der Waals surface area contributed by atoms with Crippen LogP contribution in [0.2, 0.25) is 0 Å². The number of thioether (sulfide) groups is 1. The fraction of sp³-hybridized carbons (Fsp3) is 0.404. The van der Waals surface area contributed by atoms with Crippen LogP contribution in [0.4, 0.5) is 4.79 Å². The number of carbonyl (C=O) groups excluding carboxylic acids is 6. The number of aliphatic carboxylic acids is 1. The van der Waals surface area contributed by atoms with Crippen LogP contribution in [0.3, 0.4) is 0 Å². The number of aromatic nitrogens is 1. The van der Waals surface area contributed by atoms with Crippen LogP contribution in [0.5, 0.6) is 0 Å². The van der Waals surface area contributed by atoms with Gasteiger partial charge in [0.1, 0.15) is 30.2 Å². The summed E-state index contributed by atoms with van der Waals surface area (Å²) in [7, 11) is -4.49. The van der Waals surface area contributed by atoms with Gasteiger partial charge in [-0.3, -0.25) is 38.1 Å². The zero-order valence-electron chi connectivity index (χ0n) is 38.2. The average Bonchev–Trinajstić information content (AvgIpc) is 3.72. The second kappa shape index (κ2) is 25.6. The van der Waals surface area contributed by atoms with Gasteiger partial charge in [-0.05, 0) is 72.1 Å². The van der Waals surface area contributed by atoms with Gasteiger partial charge >= 0.3 is 12.1 Å². The third-order valence-electron chi connectivity index (χ3n) is 11.9. The molecule has 21 nitrogen and oxygen atoms in total. The first-order chi connectivity index (χ1) is 33.3. The SMILES string of the molecule is CSCC[C@H](NC(=O)[C@H](Cc1c[nH]c2ccccc12)NC(=O)C[C@H]1CCCC[C@@H]1NC(=O)[C@H](Cc1ccc(S(=O)(=O)O)cc1)NC(=O)O)C(=O)N[C@@H](CC(=O)O)C(=O)N[C@@H](Cc1ccccc1)C(N)=O. The number of carboxylic acid groups (broad SMARTS) is 2. The third-order valence-corrected chi connectivity index (χ3v) is 13.4. The largest absolute Gasteiger partial charge is 0.481 e. The lowest BCUT2D eigenvalue weighted by atomic mass is 9.82. The van der Waals surface area contributed by atoms with Crippen molar-refractivity contribution in [2.75, 3.05) is 12.0 Å². The molecular formula is C47H58N8O13S2. The van der Waals surface area contributed by atoms with Crippen molar-refractivity contribution < 1.29 is 61.5 Å². The molecule has 0 saturated heterocycles. The molecule has 5 rings (SSSR count). The van der Waals surface area contributed by atoms with Gasteiger partial charge in [-0.25, -0.2) is 4.79 Å². The highest BCUT2D eigenvalue weighted by molar-refractivity contribution is 7.98. The number of fused-ring (bicyclic) bond motifs is 1. The zero-order chi connectivity index (χ0) is 51.0. The molecule has 0 spiro atoms. The number of hydrogen-bond acceptors (Lipinski definition) is 11. The van der Waals surface area contributed by atoms with E-state index in [1.807, 2.05) is 18.2 Å². The topological polar surface area (TPSA) is 345 Å². The minimum absolute atomic E-state index is 0.00641. The summed E-state index contributed by atoms with van der Waals surface area (Å²) >= 11 is 1.36. The molecule has 376 valence electrons. The number of carboxylic acids is 1. The van der Waals surface area contributed by atoms with Crippen molar-refractivity contribution in [1.29, 1.82) is 0 Å². The molecule has 0 unspecified atom stereocenters. The minimum Gasteiger partial charge on any atom is -0.481 e. The van der Waals surface area contributed by atoms with Gasteiger partial charge in [-0.15, -0.1) is 0 Å². The molecule has 0 bridgehead atoms. The Labute approximate surface area is 408 Å². The molecule has 1 aliphatic carbocycles. The molecule has 1 heterocycles. The first-order valence-electron chi connectivity index (χ1n) is 22.5. The molecule has 4 aromatic rings. The van der Waals surface area contributed by atoms with Gasteiger partial charge < -0.3 is 52.8 Å². The number of rotatable bonds is 25. The Balaban J connectivity index is 1.32. The van der Waals surface area contributed by atoms with Gasteiger partial charge in [0, 0.05) is 48.8 Å². The van der Waals surface area contributed by atoms with E-state index in [0.717, 1.165) is 23.0 Å². The maximum absolute atomic E-state index is 14.4. The van der Waals surface area contributed by atoms with Crippen LogP contribution in [-0.4, -0.2) is 124 Å². The third kappa shape index (κ3) is 16.3. The summed E-state index contributed by atoms with van der Waals surface area (Å²) in [4.78, 5) is 108. The van der Waals surface area contributed by atoms with E-state index in [1.54, 1.807) is 48.9 Å². The second-order valence-electron chi connectivity index (χ2n) is 17.0. The Kier molecular flexibility index (Phi) is 19.7. The quantitative estimate of drug-likeness (QED) is 0.0422. The van der Waals surface area contributed by atoms with E-state index in [1.165, 1.54) is 23.9 Å². The number of nitrogens with one attached hydrogen (secondary N) is 7. The summed E-state index contributed by atoms with van der Waals surface area (Å²) < 4.78 is 32.4. The van der Waals surface area contributed by atoms with Crippen LogP contribution in [-0.2, 0) is 62.9 Å². The number of carbonyl (C=O) groups is 8. The molecule has 1 aliphatic rings. The van der Waals surface area contributed by atoms with Gasteiger partial charge in [0.15, 0.2) is 0 Å². The Bertz CT molecular complexity index is 2610. The van der Waals surface area contributed by atoms with Crippen molar-refractivity contribution in [2.24, 2.45) is 11.7 Å². The van der Waals surface area contributed by atoms with E-state index in [-0.39, 0.29) is 37.0 Å². The standard InChI is InChI=1S/C47H58N8O13S2/c1-69-20-19-35(43(60)54-39(25-41(57)58)46(63)53-36(42(48)59)21-27-9-3-2-4-10-27)52-45(62)38(23-30-26-49-34-14-8-6-12-32(30)34)50-40(56)24-29-11-5-7-13-33(29)51-44(61)37(55-47(64)65)22-28-15-17-31(18-16-28)70(66,67)68/h2-4,6,8-10,12,14-18,26,29,33,35-39,49,55H,5,7,11,13,19-25H2,1H3,(H2,48,59)(H,50,56)(H,51,61)(H,52,62)(H,53,63)(H,54,60)(H,57,58)(H,64,65)(H,66,67,68)/t29-,33+,35+,36+,37+,38+,39+/m1/s1. The Morgan fingerprint density at radius 2 is 1.29 bits per heavy atom. The summed E-state index contributed by atoms with van der Waals surface area (Å²) in [6, 6.07) is 13.4. The van der Waals surface area contributed by atoms with Crippen molar-refractivity contribution in [3.63, 3.8) is 0 Å². The highest BCUT2D eigenvalue weighted by atomic mass is 32.2. The molecule has 7 amide bonds. The number of aromatic amines is 1. The Hall–Kier alpha value is -6.98. The molecule has 0 aliphatic heterocycles. The number of para-hydroxylation sites is 1. The lowest BCUT2D eigenvalue weighted by Crippen LogP contribution is -2.59. The van der Waals surface area contributed by atoms with Crippen LogP contribution < -0.4 is 37.6 Å². The van der Waals surface area contributed by atoms with Crippen LogP contribution in [0.15, 0.2) is 90.0 Å². The fourth-order valence-corrected chi connectivity index (χ4v) is 9.27. The molecule has 1 saturated carbocycles. The summed E-state index contributed by atoms with van der Waals surface area (Å²) in [6.45, 7) is 0. The van der Waals surface area contributed by atoms with Crippen LogP contribution in [0.1, 0.15) is 61.6 Å². The van der Waals surface area contributed by atoms with Gasteiger partial charge in [0.2, 0.25) is 35.4 Å². The van der Waals surface area contributed by atoms with Gasteiger partial charge in [0.05, 0.1) is 11.3 Å². The molecule has 12 N–H and O–H groups in total. The summed E-state index contributed by atoms with van der Waals surface area (Å²) in [5, 5.41) is 35.5. The molecule has 0 radical (unpaired) electrons. The molecular weight excluding hydrogens is 949 g/mol. The van der Waals surface area contributed by atoms with Gasteiger partial charge in [0.25, 0.3) is 10.1 Å². The number of nitrogens with two attached hydrogens (primary N) is 1. The first kappa shape index (κ1) is 54.0. The Morgan fingerprint density at radius 3 is 1.94 bits per heavy atom. The maximum Gasteiger partial charge on any atom is 0.405 e. The van der Waals surface area contributed by atoms with Crippen molar-refractivity contribution in [2.45, 2.75) is 105 Å². The van der Waals surface area contributed by atoms with Crippen molar-refractivity contribution >= 4 is 80.3 Å². The summed E-state index contributed by atoms with van der Waals surface area (Å²) in [5.74, 6) is -6.34. The lowest BCUT2D eigenvalue weighted by molar-refractivity contribution is -0.141. The average molecular weight is 1010 g/mol. The molecule has 1 fully saturated rings. The lowest BCUT2D eigenvalue weighted by Gasteiger charge is -2.33.